The Kier molecular flexibility index (Phi) is 2.74. The van der Waals surface area contributed by atoms with Gasteiger partial charge in [0.05, 0.1) is 27.0 Å². The summed E-state index contributed by atoms with van der Waals surface area (Å²) in [6.45, 7) is 0. The molecule has 0 aliphatic rings. The van der Waals surface area contributed by atoms with Crippen molar-refractivity contribution in [3.8, 4) is 0 Å². The van der Waals surface area contributed by atoms with Crippen LogP contribution in [0.4, 0.5) is 5.69 Å². The molecule has 2 heterocycles. The SMILES string of the molecule is O=C(Nc1cccc2ncsc12)c1cccnc1. The fourth-order valence-electron chi connectivity index (χ4n) is 1.68. The van der Waals surface area contributed by atoms with E-state index in [1.54, 1.807) is 30.0 Å². The van der Waals surface area contributed by atoms with Crippen LogP contribution in [0.3, 0.4) is 0 Å². The van der Waals surface area contributed by atoms with Gasteiger partial charge in [-0.05, 0) is 24.3 Å². The first-order chi connectivity index (χ1) is 8.84. The molecule has 0 aliphatic heterocycles. The number of benzene rings is 1. The van der Waals surface area contributed by atoms with E-state index >= 15 is 0 Å². The van der Waals surface area contributed by atoms with E-state index < -0.39 is 0 Å². The summed E-state index contributed by atoms with van der Waals surface area (Å²) >= 11 is 1.51. The number of fused-ring (bicyclic) bond motifs is 1. The second-order valence-corrected chi connectivity index (χ2v) is 4.56. The second-order valence-electron chi connectivity index (χ2n) is 3.70. The topological polar surface area (TPSA) is 54.9 Å². The summed E-state index contributed by atoms with van der Waals surface area (Å²) in [5.74, 6) is -0.163. The molecule has 1 amide bonds. The van der Waals surface area contributed by atoms with Crippen LogP contribution >= 0.6 is 11.3 Å². The summed E-state index contributed by atoms with van der Waals surface area (Å²) in [5.41, 5.74) is 3.98. The highest BCUT2D eigenvalue weighted by molar-refractivity contribution is 7.17. The molecule has 18 heavy (non-hydrogen) atoms. The zero-order chi connectivity index (χ0) is 12.4. The van der Waals surface area contributed by atoms with E-state index in [0.717, 1.165) is 15.9 Å². The van der Waals surface area contributed by atoms with Crippen molar-refractivity contribution in [1.29, 1.82) is 0 Å². The first kappa shape index (κ1) is 10.9. The summed E-state index contributed by atoms with van der Waals surface area (Å²) < 4.78 is 0.981. The fourth-order valence-corrected chi connectivity index (χ4v) is 2.44. The summed E-state index contributed by atoms with van der Waals surface area (Å²) in [4.78, 5) is 20.2. The van der Waals surface area contributed by atoms with E-state index in [0.29, 0.717) is 5.56 Å². The Labute approximate surface area is 107 Å². The molecule has 0 aliphatic carbocycles. The van der Waals surface area contributed by atoms with Crippen molar-refractivity contribution in [3.05, 3.63) is 53.8 Å². The van der Waals surface area contributed by atoms with Crippen molar-refractivity contribution in [2.45, 2.75) is 0 Å². The summed E-state index contributed by atoms with van der Waals surface area (Å²) in [6.07, 6.45) is 3.18. The van der Waals surface area contributed by atoms with Gasteiger partial charge in [-0.3, -0.25) is 9.78 Å². The van der Waals surface area contributed by atoms with Crippen LogP contribution in [0.2, 0.25) is 0 Å². The highest BCUT2D eigenvalue weighted by atomic mass is 32.1. The van der Waals surface area contributed by atoms with Crippen LogP contribution in [0.5, 0.6) is 0 Å². The van der Waals surface area contributed by atoms with E-state index in [1.165, 1.54) is 11.3 Å². The predicted octanol–water partition coefficient (Wildman–Crippen LogP) is 2.94. The van der Waals surface area contributed by atoms with Crippen molar-refractivity contribution in [3.63, 3.8) is 0 Å². The van der Waals surface area contributed by atoms with Crippen LogP contribution in [-0.4, -0.2) is 15.9 Å². The third kappa shape index (κ3) is 1.96. The Bertz CT molecular complexity index is 694. The molecule has 3 rings (SSSR count). The van der Waals surface area contributed by atoms with E-state index in [2.05, 4.69) is 15.3 Å². The Hall–Kier alpha value is -2.27. The van der Waals surface area contributed by atoms with Gasteiger partial charge in [-0.2, -0.15) is 0 Å². The summed E-state index contributed by atoms with van der Waals surface area (Å²) in [6, 6.07) is 9.14. The Morgan fingerprint density at radius 3 is 3.00 bits per heavy atom. The van der Waals surface area contributed by atoms with Gasteiger partial charge in [-0.25, -0.2) is 4.98 Å². The molecule has 4 nitrogen and oxygen atoms in total. The number of nitrogens with zero attached hydrogens (tertiary/aromatic N) is 2. The van der Waals surface area contributed by atoms with Gasteiger partial charge in [-0.1, -0.05) is 6.07 Å². The van der Waals surface area contributed by atoms with Crippen molar-refractivity contribution in [2.75, 3.05) is 5.32 Å². The van der Waals surface area contributed by atoms with Crippen LogP contribution in [0.1, 0.15) is 10.4 Å². The third-order valence-corrected chi connectivity index (χ3v) is 3.40. The number of thiazole rings is 1. The minimum atomic E-state index is -0.163. The van der Waals surface area contributed by atoms with Crippen LogP contribution in [0, 0.1) is 0 Å². The number of pyridine rings is 1. The molecular formula is C13H9N3OS. The third-order valence-electron chi connectivity index (χ3n) is 2.53. The smallest absolute Gasteiger partial charge is 0.257 e. The van der Waals surface area contributed by atoms with Gasteiger partial charge in [0.2, 0.25) is 0 Å². The molecule has 0 spiro atoms. The quantitative estimate of drug-likeness (QED) is 0.766. The molecule has 0 saturated carbocycles. The first-order valence-corrected chi connectivity index (χ1v) is 6.26. The second kappa shape index (κ2) is 4.54. The fraction of sp³-hybridized carbons (Fsp3) is 0. The Morgan fingerprint density at radius 2 is 2.17 bits per heavy atom. The molecule has 1 aromatic carbocycles. The lowest BCUT2D eigenvalue weighted by atomic mass is 10.2. The van der Waals surface area contributed by atoms with Crippen LogP contribution < -0.4 is 5.32 Å². The number of nitrogens with one attached hydrogen (secondary N) is 1. The molecule has 3 aromatic rings. The van der Waals surface area contributed by atoms with Crippen molar-refractivity contribution in [1.82, 2.24) is 9.97 Å². The number of hydrogen-bond donors (Lipinski definition) is 1. The number of hydrogen-bond acceptors (Lipinski definition) is 4. The summed E-state index contributed by atoms with van der Waals surface area (Å²) in [7, 11) is 0. The number of amides is 1. The van der Waals surface area contributed by atoms with Crippen molar-refractivity contribution in [2.24, 2.45) is 0 Å². The molecule has 5 heteroatoms. The lowest BCUT2D eigenvalue weighted by Crippen LogP contribution is -2.11. The molecule has 0 unspecified atom stereocenters. The van der Waals surface area contributed by atoms with E-state index in [4.69, 9.17) is 0 Å². The molecule has 1 N–H and O–H groups in total. The Morgan fingerprint density at radius 1 is 1.22 bits per heavy atom. The van der Waals surface area contributed by atoms with Gasteiger partial charge in [0.25, 0.3) is 5.91 Å². The minimum absolute atomic E-state index is 0.163. The first-order valence-electron chi connectivity index (χ1n) is 5.38. The molecule has 0 saturated heterocycles. The molecule has 0 atom stereocenters. The zero-order valence-electron chi connectivity index (χ0n) is 9.33. The maximum Gasteiger partial charge on any atom is 0.257 e. The Balaban J connectivity index is 1.93. The van der Waals surface area contributed by atoms with E-state index in [9.17, 15) is 4.79 Å². The van der Waals surface area contributed by atoms with Gasteiger partial charge >= 0.3 is 0 Å². The van der Waals surface area contributed by atoms with Crippen LogP contribution in [0.15, 0.2) is 48.2 Å². The zero-order valence-corrected chi connectivity index (χ0v) is 10.1. The van der Waals surface area contributed by atoms with Gasteiger partial charge in [0, 0.05) is 12.4 Å². The van der Waals surface area contributed by atoms with E-state index in [-0.39, 0.29) is 5.91 Å². The van der Waals surface area contributed by atoms with Gasteiger partial charge < -0.3 is 5.32 Å². The average molecular weight is 255 g/mol. The van der Waals surface area contributed by atoms with E-state index in [1.807, 2.05) is 18.2 Å². The molecule has 0 radical (unpaired) electrons. The number of aromatic nitrogens is 2. The standard InChI is InChI=1S/C13H9N3OS/c17-13(9-3-2-6-14-7-9)16-11-5-1-4-10-12(11)18-8-15-10/h1-8H,(H,16,17). The lowest BCUT2D eigenvalue weighted by molar-refractivity contribution is 0.102. The van der Waals surface area contributed by atoms with Crippen LogP contribution in [0.25, 0.3) is 10.2 Å². The highest BCUT2D eigenvalue weighted by Crippen LogP contribution is 2.26. The minimum Gasteiger partial charge on any atom is -0.321 e. The molecule has 88 valence electrons. The largest absolute Gasteiger partial charge is 0.321 e. The number of rotatable bonds is 2. The number of carbonyl (C=O) groups excluding carboxylic acids is 1. The predicted molar refractivity (Wildman–Crippen MR) is 71.8 cm³/mol. The van der Waals surface area contributed by atoms with Crippen molar-refractivity contribution < 1.29 is 4.79 Å². The van der Waals surface area contributed by atoms with Gasteiger partial charge in [-0.15, -0.1) is 11.3 Å². The molecule has 0 bridgehead atoms. The number of anilines is 1. The maximum absolute atomic E-state index is 12.0. The van der Waals surface area contributed by atoms with Crippen molar-refractivity contribution >= 4 is 33.1 Å². The van der Waals surface area contributed by atoms with Gasteiger partial charge in [0.15, 0.2) is 0 Å². The summed E-state index contributed by atoms with van der Waals surface area (Å²) in [5, 5.41) is 2.88. The van der Waals surface area contributed by atoms with Crippen LogP contribution in [-0.2, 0) is 0 Å². The molecule has 2 aromatic heterocycles. The maximum atomic E-state index is 12.0. The number of carbonyl (C=O) groups is 1. The average Bonchev–Trinajstić information content (AvgIpc) is 2.89. The molecule has 0 fully saturated rings. The normalized spacial score (nSPS) is 10.4. The highest BCUT2D eigenvalue weighted by Gasteiger charge is 2.09. The molecular weight excluding hydrogens is 246 g/mol. The van der Waals surface area contributed by atoms with Gasteiger partial charge in [0.1, 0.15) is 0 Å². The monoisotopic (exact) mass is 255 g/mol. The lowest BCUT2D eigenvalue weighted by Gasteiger charge is -2.05.